The molecule has 0 aliphatic rings. The zero-order valence-electron chi connectivity index (χ0n) is 9.94. The zero-order valence-corrected chi connectivity index (χ0v) is 9.94. The van der Waals surface area contributed by atoms with E-state index in [4.69, 9.17) is 0 Å². The molecule has 0 aliphatic carbocycles. The van der Waals surface area contributed by atoms with Crippen LogP contribution in [-0.2, 0) is 0 Å². The van der Waals surface area contributed by atoms with Gasteiger partial charge in [0, 0.05) is 12.6 Å². The third-order valence-electron chi connectivity index (χ3n) is 2.90. The summed E-state index contributed by atoms with van der Waals surface area (Å²) in [6.07, 6.45) is 1.15. The summed E-state index contributed by atoms with van der Waals surface area (Å²) in [6, 6.07) is 0.137. The van der Waals surface area contributed by atoms with Crippen LogP contribution in [0.1, 0.15) is 48.0 Å². The Labute approximate surface area is 82.7 Å². The number of hydrogen-bond acceptors (Lipinski definition) is 2. The van der Waals surface area contributed by atoms with Crippen LogP contribution in [-0.4, -0.2) is 23.3 Å². The second kappa shape index (κ2) is 4.43. The Morgan fingerprint density at radius 2 is 1.69 bits per heavy atom. The van der Waals surface area contributed by atoms with E-state index in [2.05, 4.69) is 26.1 Å². The molecule has 2 nitrogen and oxygen atoms in total. The Bertz CT molecular complexity index is 147. The molecule has 13 heavy (non-hydrogen) atoms. The third-order valence-corrected chi connectivity index (χ3v) is 2.90. The van der Waals surface area contributed by atoms with Gasteiger partial charge in [-0.3, -0.25) is 0 Å². The molecule has 0 aliphatic heterocycles. The molecule has 80 valence electrons. The van der Waals surface area contributed by atoms with Crippen LogP contribution in [0.25, 0.3) is 0 Å². The van der Waals surface area contributed by atoms with E-state index in [1.54, 1.807) is 0 Å². The molecule has 0 amide bonds. The van der Waals surface area contributed by atoms with E-state index < -0.39 is 5.60 Å². The second-order valence-electron chi connectivity index (χ2n) is 5.27. The lowest BCUT2D eigenvalue weighted by molar-refractivity contribution is 0.0405. The summed E-state index contributed by atoms with van der Waals surface area (Å²) in [7, 11) is 0. The molecule has 0 bridgehead atoms. The fraction of sp³-hybridized carbons (Fsp3) is 1.00. The van der Waals surface area contributed by atoms with Gasteiger partial charge in [-0.1, -0.05) is 20.8 Å². The average Bonchev–Trinajstić information content (AvgIpc) is 1.98. The van der Waals surface area contributed by atoms with Gasteiger partial charge in [-0.15, -0.1) is 0 Å². The maximum Gasteiger partial charge on any atom is 0.0741 e. The van der Waals surface area contributed by atoms with Crippen LogP contribution < -0.4 is 5.32 Å². The first-order valence-corrected chi connectivity index (χ1v) is 5.15. The molecule has 2 N–H and O–H groups in total. The standard InChI is InChI=1S/C11H25NO/c1-7-10(3,4)8-12-9(2)11(5,6)13/h9,12-13H,7-8H2,1-6H3. The lowest BCUT2D eigenvalue weighted by Gasteiger charge is -2.31. The van der Waals surface area contributed by atoms with Gasteiger partial charge in [0.05, 0.1) is 5.60 Å². The Hall–Kier alpha value is -0.0800. The van der Waals surface area contributed by atoms with Gasteiger partial charge < -0.3 is 10.4 Å². The van der Waals surface area contributed by atoms with E-state index in [0.29, 0.717) is 5.41 Å². The van der Waals surface area contributed by atoms with Crippen LogP contribution in [0.2, 0.25) is 0 Å². The topological polar surface area (TPSA) is 32.3 Å². The largest absolute Gasteiger partial charge is 0.389 e. The first kappa shape index (κ1) is 12.9. The Morgan fingerprint density at radius 1 is 1.23 bits per heavy atom. The molecule has 1 atom stereocenters. The second-order valence-corrected chi connectivity index (χ2v) is 5.27. The van der Waals surface area contributed by atoms with Gasteiger partial charge in [-0.25, -0.2) is 0 Å². The van der Waals surface area contributed by atoms with Gasteiger partial charge in [0.2, 0.25) is 0 Å². The normalized spacial score (nSPS) is 15.9. The number of aliphatic hydroxyl groups is 1. The van der Waals surface area contributed by atoms with Crippen molar-refractivity contribution in [3.8, 4) is 0 Å². The fourth-order valence-corrected chi connectivity index (χ4v) is 0.804. The van der Waals surface area contributed by atoms with Gasteiger partial charge >= 0.3 is 0 Å². The van der Waals surface area contributed by atoms with E-state index in [1.165, 1.54) is 0 Å². The number of rotatable bonds is 5. The molecule has 2 heteroatoms. The van der Waals surface area contributed by atoms with Crippen molar-refractivity contribution >= 4 is 0 Å². The van der Waals surface area contributed by atoms with Crippen molar-refractivity contribution in [2.24, 2.45) is 5.41 Å². The maximum atomic E-state index is 9.69. The van der Waals surface area contributed by atoms with Crippen LogP contribution in [0, 0.1) is 5.41 Å². The van der Waals surface area contributed by atoms with Crippen molar-refractivity contribution in [2.75, 3.05) is 6.54 Å². The molecule has 1 unspecified atom stereocenters. The zero-order chi connectivity index (χ0) is 10.7. The quantitative estimate of drug-likeness (QED) is 0.691. The summed E-state index contributed by atoms with van der Waals surface area (Å²) >= 11 is 0. The van der Waals surface area contributed by atoms with E-state index in [0.717, 1.165) is 13.0 Å². The third kappa shape index (κ3) is 5.27. The summed E-state index contributed by atoms with van der Waals surface area (Å²) < 4.78 is 0. The molecule has 0 saturated carbocycles. The molecular formula is C11H25NO. The van der Waals surface area contributed by atoms with Crippen LogP contribution in [0.3, 0.4) is 0 Å². The molecule has 0 aromatic rings. The monoisotopic (exact) mass is 187 g/mol. The summed E-state index contributed by atoms with van der Waals surface area (Å²) in [5.41, 5.74) is -0.316. The van der Waals surface area contributed by atoms with E-state index in [1.807, 2.05) is 20.8 Å². The van der Waals surface area contributed by atoms with Gasteiger partial charge in [0.25, 0.3) is 0 Å². The molecule has 0 radical (unpaired) electrons. The fourth-order valence-electron chi connectivity index (χ4n) is 0.804. The average molecular weight is 187 g/mol. The van der Waals surface area contributed by atoms with Crippen LogP contribution in [0.4, 0.5) is 0 Å². The molecule has 0 saturated heterocycles. The lowest BCUT2D eigenvalue weighted by Crippen LogP contribution is -2.47. The first-order valence-electron chi connectivity index (χ1n) is 5.15. The minimum absolute atomic E-state index is 0.137. The SMILES string of the molecule is CCC(C)(C)CNC(C)C(C)(C)O. The Morgan fingerprint density at radius 3 is 2.00 bits per heavy atom. The van der Waals surface area contributed by atoms with Crippen molar-refractivity contribution in [3.05, 3.63) is 0 Å². The van der Waals surface area contributed by atoms with Gasteiger partial charge in [0.15, 0.2) is 0 Å². The summed E-state index contributed by atoms with van der Waals surface area (Å²) in [6.45, 7) is 13.3. The van der Waals surface area contributed by atoms with Crippen LogP contribution in [0.15, 0.2) is 0 Å². The smallest absolute Gasteiger partial charge is 0.0741 e. The van der Waals surface area contributed by atoms with Crippen LogP contribution in [0.5, 0.6) is 0 Å². The maximum absolute atomic E-state index is 9.69. The minimum atomic E-state index is -0.635. The van der Waals surface area contributed by atoms with Gasteiger partial charge in [-0.05, 0) is 32.6 Å². The summed E-state index contributed by atoms with van der Waals surface area (Å²) in [5.74, 6) is 0. The van der Waals surface area contributed by atoms with E-state index >= 15 is 0 Å². The molecule has 0 aromatic carbocycles. The van der Waals surface area contributed by atoms with Gasteiger partial charge in [-0.2, -0.15) is 0 Å². The lowest BCUT2D eigenvalue weighted by atomic mass is 9.89. The van der Waals surface area contributed by atoms with Crippen molar-refractivity contribution in [3.63, 3.8) is 0 Å². The minimum Gasteiger partial charge on any atom is -0.389 e. The van der Waals surface area contributed by atoms with Crippen molar-refractivity contribution in [2.45, 2.75) is 59.6 Å². The summed E-state index contributed by atoms with van der Waals surface area (Å²) in [5, 5.41) is 13.1. The number of hydrogen-bond donors (Lipinski definition) is 2. The van der Waals surface area contributed by atoms with Crippen LogP contribution >= 0.6 is 0 Å². The van der Waals surface area contributed by atoms with Crippen molar-refractivity contribution < 1.29 is 5.11 Å². The highest BCUT2D eigenvalue weighted by Gasteiger charge is 2.24. The Kier molecular flexibility index (Phi) is 4.40. The summed E-state index contributed by atoms with van der Waals surface area (Å²) in [4.78, 5) is 0. The van der Waals surface area contributed by atoms with E-state index in [9.17, 15) is 5.11 Å². The molecule has 0 spiro atoms. The highest BCUT2D eigenvalue weighted by Crippen LogP contribution is 2.19. The molecular weight excluding hydrogens is 162 g/mol. The van der Waals surface area contributed by atoms with Crippen molar-refractivity contribution in [1.82, 2.24) is 5.32 Å². The first-order chi connectivity index (χ1) is 5.69. The molecule has 0 rings (SSSR count). The van der Waals surface area contributed by atoms with Gasteiger partial charge in [0.1, 0.15) is 0 Å². The predicted octanol–water partition coefficient (Wildman–Crippen LogP) is 2.17. The van der Waals surface area contributed by atoms with Crippen molar-refractivity contribution in [1.29, 1.82) is 0 Å². The highest BCUT2D eigenvalue weighted by molar-refractivity contribution is 4.82. The predicted molar refractivity (Wildman–Crippen MR) is 57.8 cm³/mol. The van der Waals surface area contributed by atoms with E-state index in [-0.39, 0.29) is 6.04 Å². The molecule has 0 heterocycles. The number of nitrogens with one attached hydrogen (secondary N) is 1. The highest BCUT2D eigenvalue weighted by atomic mass is 16.3. The Balaban J connectivity index is 3.90. The molecule has 0 fully saturated rings. The molecule has 0 aromatic heterocycles.